The van der Waals surface area contributed by atoms with Crippen LogP contribution in [-0.2, 0) is 0 Å². The van der Waals surface area contributed by atoms with Crippen molar-refractivity contribution in [3.63, 3.8) is 0 Å². The first-order valence-electron chi connectivity index (χ1n) is 2.85. The molecule has 0 spiro atoms. The minimum atomic E-state index is 0.491. The average Bonchev–Trinajstić information content (AvgIpc) is 2.04. The Labute approximate surface area is 60.0 Å². The van der Waals surface area contributed by atoms with Gasteiger partial charge >= 0.3 is 7.48 Å². The number of hydrogen-bond acceptors (Lipinski definition) is 2. The molecular weight excluding hydrogens is 125 g/mol. The molecule has 1 aromatic rings. The molecule has 1 N–H and O–H groups in total. The molecule has 0 saturated carbocycles. The zero-order valence-corrected chi connectivity index (χ0v) is 5.28. The van der Waals surface area contributed by atoms with Crippen molar-refractivity contribution in [2.24, 2.45) is 0 Å². The third kappa shape index (κ3) is 1.17. The van der Waals surface area contributed by atoms with E-state index in [9.17, 15) is 0 Å². The Balaban J connectivity index is 3.12. The van der Waals surface area contributed by atoms with Gasteiger partial charge in [-0.15, -0.1) is 0 Å². The Morgan fingerprint density at radius 3 is 2.60 bits per heavy atom. The summed E-state index contributed by atoms with van der Waals surface area (Å²) in [6, 6.07) is 8.81. The third-order valence-electron chi connectivity index (χ3n) is 1.22. The second-order valence-corrected chi connectivity index (χ2v) is 1.83. The Kier molecular flexibility index (Phi) is 2.09. The summed E-state index contributed by atoms with van der Waals surface area (Å²) >= 11 is 0. The van der Waals surface area contributed by atoms with Crippen LogP contribution in [-0.4, -0.2) is 12.5 Å². The van der Waals surface area contributed by atoms with Crippen molar-refractivity contribution in [1.82, 2.24) is 0 Å². The Hall–Kier alpha value is -1.27. The van der Waals surface area contributed by atoms with E-state index in [0.717, 1.165) is 7.48 Å². The number of benzene rings is 1. The van der Waals surface area contributed by atoms with Crippen LogP contribution in [0, 0.1) is 11.3 Å². The first-order valence-corrected chi connectivity index (χ1v) is 2.85. The lowest BCUT2D eigenvalue weighted by molar-refractivity contribution is 0.615. The van der Waals surface area contributed by atoms with Crippen molar-refractivity contribution in [1.29, 1.82) is 5.26 Å². The molecule has 0 amide bonds. The van der Waals surface area contributed by atoms with Gasteiger partial charge in [0.05, 0.1) is 6.07 Å². The molecular formula is C7H5BNO. The fourth-order valence-electron chi connectivity index (χ4n) is 0.711. The summed E-state index contributed by atoms with van der Waals surface area (Å²) in [5.41, 5.74) is 1.05. The van der Waals surface area contributed by atoms with E-state index < -0.39 is 0 Å². The lowest BCUT2D eigenvalue weighted by Crippen LogP contribution is -2.16. The van der Waals surface area contributed by atoms with Gasteiger partial charge in [-0.05, 0) is 11.5 Å². The maximum Gasteiger partial charge on any atom is 0.328 e. The summed E-state index contributed by atoms with van der Waals surface area (Å²) in [6.07, 6.45) is 0. The molecule has 0 unspecified atom stereocenters. The molecule has 0 aliphatic carbocycles. The normalized spacial score (nSPS) is 8.40. The summed E-state index contributed by atoms with van der Waals surface area (Å²) in [4.78, 5) is 0. The maximum absolute atomic E-state index is 8.57. The van der Waals surface area contributed by atoms with Gasteiger partial charge < -0.3 is 5.02 Å². The lowest BCUT2D eigenvalue weighted by atomic mass is 9.85. The molecule has 0 atom stereocenters. The molecule has 1 aromatic carbocycles. The number of nitrogens with zero attached hydrogens (tertiary/aromatic N) is 1. The fourth-order valence-corrected chi connectivity index (χ4v) is 0.711. The topological polar surface area (TPSA) is 44.0 Å². The van der Waals surface area contributed by atoms with Crippen LogP contribution >= 0.6 is 0 Å². The van der Waals surface area contributed by atoms with Gasteiger partial charge in [0.15, 0.2) is 0 Å². The molecule has 1 radical (unpaired) electrons. The van der Waals surface area contributed by atoms with Crippen LogP contribution in [0.25, 0.3) is 0 Å². The van der Waals surface area contributed by atoms with Gasteiger partial charge in [-0.2, -0.15) is 5.26 Å². The molecule has 3 heteroatoms. The van der Waals surface area contributed by atoms with Gasteiger partial charge in [-0.1, -0.05) is 18.2 Å². The Bertz CT molecular complexity index is 267. The maximum atomic E-state index is 8.57. The zero-order chi connectivity index (χ0) is 7.40. The van der Waals surface area contributed by atoms with Crippen LogP contribution < -0.4 is 5.46 Å². The monoisotopic (exact) mass is 130 g/mol. The second kappa shape index (κ2) is 3.04. The lowest BCUT2D eigenvalue weighted by Gasteiger charge is -1.93. The van der Waals surface area contributed by atoms with E-state index in [1.165, 1.54) is 0 Å². The van der Waals surface area contributed by atoms with Crippen LogP contribution in [0.15, 0.2) is 24.3 Å². The molecule has 1 rings (SSSR count). The largest absolute Gasteiger partial charge is 0.450 e. The summed E-state index contributed by atoms with van der Waals surface area (Å²) in [5, 5.41) is 17.0. The summed E-state index contributed by atoms with van der Waals surface area (Å²) in [7, 11) is 0.929. The van der Waals surface area contributed by atoms with Gasteiger partial charge in [-0.25, -0.2) is 0 Å². The van der Waals surface area contributed by atoms with E-state index in [-0.39, 0.29) is 0 Å². The highest BCUT2D eigenvalue weighted by molar-refractivity contribution is 6.46. The molecule has 0 saturated heterocycles. The third-order valence-corrected chi connectivity index (χ3v) is 1.22. The van der Waals surface area contributed by atoms with Gasteiger partial charge in [-0.3, -0.25) is 0 Å². The van der Waals surface area contributed by atoms with Crippen molar-refractivity contribution in [3.8, 4) is 6.07 Å². The molecule has 10 heavy (non-hydrogen) atoms. The van der Waals surface area contributed by atoms with Gasteiger partial charge in [0.2, 0.25) is 0 Å². The molecule has 0 heterocycles. The fraction of sp³-hybridized carbons (Fsp3) is 0. The minimum Gasteiger partial charge on any atom is -0.450 e. The summed E-state index contributed by atoms with van der Waals surface area (Å²) < 4.78 is 0. The quantitative estimate of drug-likeness (QED) is 0.534. The average molecular weight is 130 g/mol. The van der Waals surface area contributed by atoms with E-state index in [0.29, 0.717) is 11.0 Å². The first kappa shape index (κ1) is 6.85. The van der Waals surface area contributed by atoms with Gasteiger partial charge in [0.25, 0.3) is 0 Å². The summed E-state index contributed by atoms with van der Waals surface area (Å²) in [5.74, 6) is 0. The van der Waals surface area contributed by atoms with Gasteiger partial charge in [0, 0.05) is 5.56 Å². The molecule has 0 aromatic heterocycles. The molecule has 0 fully saturated rings. The number of nitriles is 1. The van der Waals surface area contributed by atoms with Crippen LogP contribution in [0.1, 0.15) is 5.56 Å². The van der Waals surface area contributed by atoms with Crippen LogP contribution in [0.4, 0.5) is 0 Å². The highest BCUT2D eigenvalue weighted by atomic mass is 16.2. The Morgan fingerprint density at radius 1 is 1.40 bits per heavy atom. The molecule has 2 nitrogen and oxygen atoms in total. The standard InChI is InChI=1S/C7H5BNO/c9-5-6-3-1-2-4-7(6)8-10/h1-4,10H. The van der Waals surface area contributed by atoms with Crippen LogP contribution in [0.5, 0.6) is 0 Å². The highest BCUT2D eigenvalue weighted by Crippen LogP contribution is 1.90. The van der Waals surface area contributed by atoms with E-state index in [1.54, 1.807) is 24.3 Å². The van der Waals surface area contributed by atoms with Crippen molar-refractivity contribution >= 4 is 12.9 Å². The van der Waals surface area contributed by atoms with Gasteiger partial charge in [0.1, 0.15) is 0 Å². The van der Waals surface area contributed by atoms with Crippen LogP contribution in [0.3, 0.4) is 0 Å². The summed E-state index contributed by atoms with van der Waals surface area (Å²) in [6.45, 7) is 0. The number of hydrogen-bond donors (Lipinski definition) is 1. The Morgan fingerprint density at radius 2 is 2.10 bits per heavy atom. The molecule has 0 bridgehead atoms. The molecule has 47 valence electrons. The molecule has 0 aliphatic rings. The van der Waals surface area contributed by atoms with E-state index in [4.69, 9.17) is 10.3 Å². The predicted octanol–water partition coefficient (Wildman–Crippen LogP) is -0.205. The van der Waals surface area contributed by atoms with E-state index in [1.807, 2.05) is 6.07 Å². The van der Waals surface area contributed by atoms with Crippen molar-refractivity contribution < 1.29 is 5.02 Å². The minimum absolute atomic E-state index is 0.491. The smallest absolute Gasteiger partial charge is 0.328 e. The van der Waals surface area contributed by atoms with Crippen molar-refractivity contribution in [3.05, 3.63) is 29.8 Å². The van der Waals surface area contributed by atoms with Crippen molar-refractivity contribution in [2.75, 3.05) is 0 Å². The van der Waals surface area contributed by atoms with Crippen molar-refractivity contribution in [2.45, 2.75) is 0 Å². The number of rotatable bonds is 1. The zero-order valence-electron chi connectivity index (χ0n) is 5.28. The highest BCUT2D eigenvalue weighted by Gasteiger charge is 1.98. The predicted molar refractivity (Wildman–Crippen MR) is 38.8 cm³/mol. The second-order valence-electron chi connectivity index (χ2n) is 1.83. The van der Waals surface area contributed by atoms with E-state index >= 15 is 0 Å². The van der Waals surface area contributed by atoms with Crippen LogP contribution in [0.2, 0.25) is 0 Å². The first-order chi connectivity index (χ1) is 4.88. The molecule has 0 aliphatic heterocycles. The SMILES string of the molecule is N#Cc1ccccc1[B]O. The van der Waals surface area contributed by atoms with E-state index in [2.05, 4.69) is 0 Å².